The normalized spacial score (nSPS) is 11.5. The quantitative estimate of drug-likeness (QED) is 0.492. The first-order valence-electron chi connectivity index (χ1n) is 6.28. The van der Waals surface area contributed by atoms with Crippen molar-refractivity contribution in [3.8, 4) is 5.75 Å². The summed E-state index contributed by atoms with van der Waals surface area (Å²) in [6.07, 6.45) is 1.62. The number of oxime groups is 1. The highest BCUT2D eigenvalue weighted by Gasteiger charge is 2.02. The van der Waals surface area contributed by atoms with Crippen LogP contribution >= 0.6 is 11.3 Å². The molecule has 100 valence electrons. The van der Waals surface area contributed by atoms with Gasteiger partial charge < -0.3 is 9.94 Å². The van der Waals surface area contributed by atoms with E-state index in [1.807, 2.05) is 31.2 Å². The Morgan fingerprint density at radius 1 is 1.26 bits per heavy atom. The first-order valence-corrected chi connectivity index (χ1v) is 7.23. The maximum atomic E-state index is 8.85. The number of benzene rings is 1. The summed E-state index contributed by atoms with van der Waals surface area (Å²) in [5.74, 6) is 0.840. The van der Waals surface area contributed by atoms with Crippen LogP contribution in [0.5, 0.6) is 5.75 Å². The molecule has 0 saturated carbocycles. The average molecular weight is 275 g/mol. The lowest BCUT2D eigenvalue weighted by Gasteiger charge is -2.07. The second kappa shape index (κ2) is 6.95. The van der Waals surface area contributed by atoms with E-state index >= 15 is 0 Å². The van der Waals surface area contributed by atoms with Crippen LogP contribution in [0.1, 0.15) is 24.5 Å². The SMILES string of the molecule is CCC(=NO)c1ccc(OCCc2ccsc2)cc1. The van der Waals surface area contributed by atoms with Crippen LogP contribution in [0.4, 0.5) is 0 Å². The molecule has 2 rings (SSSR count). The third-order valence-corrected chi connectivity index (χ3v) is 3.61. The summed E-state index contributed by atoms with van der Waals surface area (Å²) in [5, 5.41) is 16.3. The lowest BCUT2D eigenvalue weighted by Crippen LogP contribution is -2.02. The Labute approximate surface area is 117 Å². The van der Waals surface area contributed by atoms with Gasteiger partial charge in [-0.25, -0.2) is 0 Å². The lowest BCUT2D eigenvalue weighted by atomic mass is 10.1. The zero-order valence-corrected chi connectivity index (χ0v) is 11.7. The molecule has 0 fully saturated rings. The molecular formula is C15H17NO2S. The summed E-state index contributed by atoms with van der Waals surface area (Å²) >= 11 is 1.70. The van der Waals surface area contributed by atoms with E-state index < -0.39 is 0 Å². The van der Waals surface area contributed by atoms with Crippen molar-refractivity contribution in [1.29, 1.82) is 0 Å². The Kier molecular flexibility index (Phi) is 4.98. The van der Waals surface area contributed by atoms with E-state index in [0.29, 0.717) is 18.7 Å². The summed E-state index contributed by atoms with van der Waals surface area (Å²) in [6.45, 7) is 2.63. The highest BCUT2D eigenvalue weighted by Crippen LogP contribution is 2.15. The minimum atomic E-state index is 0.671. The summed E-state index contributed by atoms with van der Waals surface area (Å²) in [4.78, 5) is 0. The van der Waals surface area contributed by atoms with Crippen LogP contribution in [0.15, 0.2) is 46.2 Å². The van der Waals surface area contributed by atoms with Gasteiger partial charge in [0.05, 0.1) is 12.3 Å². The van der Waals surface area contributed by atoms with Crippen molar-refractivity contribution < 1.29 is 9.94 Å². The number of hydrogen-bond donors (Lipinski definition) is 1. The van der Waals surface area contributed by atoms with Crippen molar-refractivity contribution in [3.63, 3.8) is 0 Å². The van der Waals surface area contributed by atoms with Crippen LogP contribution in [0.2, 0.25) is 0 Å². The molecule has 3 nitrogen and oxygen atoms in total. The molecule has 1 aromatic carbocycles. The van der Waals surface area contributed by atoms with Gasteiger partial charge in [0.25, 0.3) is 0 Å². The predicted octanol–water partition coefficient (Wildman–Crippen LogP) is 3.96. The predicted molar refractivity (Wildman–Crippen MR) is 78.6 cm³/mol. The van der Waals surface area contributed by atoms with Crippen molar-refractivity contribution in [2.45, 2.75) is 19.8 Å². The van der Waals surface area contributed by atoms with Gasteiger partial charge in [-0.1, -0.05) is 12.1 Å². The Balaban J connectivity index is 1.88. The molecule has 0 aliphatic carbocycles. The molecule has 0 amide bonds. The molecular weight excluding hydrogens is 258 g/mol. The maximum Gasteiger partial charge on any atom is 0.119 e. The molecule has 0 unspecified atom stereocenters. The Morgan fingerprint density at radius 3 is 2.63 bits per heavy atom. The van der Waals surface area contributed by atoms with Gasteiger partial charge in [-0.3, -0.25) is 0 Å². The van der Waals surface area contributed by atoms with E-state index in [0.717, 1.165) is 17.7 Å². The maximum absolute atomic E-state index is 8.85. The van der Waals surface area contributed by atoms with Crippen LogP contribution in [0.3, 0.4) is 0 Å². The number of ether oxygens (including phenoxy) is 1. The van der Waals surface area contributed by atoms with Crippen LogP contribution in [0.25, 0.3) is 0 Å². The highest BCUT2D eigenvalue weighted by molar-refractivity contribution is 7.07. The first-order chi connectivity index (χ1) is 9.33. The fourth-order valence-corrected chi connectivity index (χ4v) is 2.50. The first kappa shape index (κ1) is 13.6. The third kappa shape index (κ3) is 3.83. The highest BCUT2D eigenvalue weighted by atomic mass is 32.1. The fourth-order valence-electron chi connectivity index (χ4n) is 1.80. The molecule has 1 heterocycles. The molecule has 19 heavy (non-hydrogen) atoms. The van der Waals surface area contributed by atoms with Gasteiger partial charge in [-0.05, 0) is 58.6 Å². The van der Waals surface area contributed by atoms with Gasteiger partial charge in [-0.2, -0.15) is 11.3 Å². The molecule has 1 aromatic heterocycles. The lowest BCUT2D eigenvalue weighted by molar-refractivity contribution is 0.318. The molecule has 0 bridgehead atoms. The smallest absolute Gasteiger partial charge is 0.119 e. The fraction of sp³-hybridized carbons (Fsp3) is 0.267. The van der Waals surface area contributed by atoms with Crippen molar-refractivity contribution in [2.24, 2.45) is 5.16 Å². The van der Waals surface area contributed by atoms with Gasteiger partial charge >= 0.3 is 0 Å². The molecule has 2 aromatic rings. The summed E-state index contributed by atoms with van der Waals surface area (Å²) in [5.41, 5.74) is 2.92. The van der Waals surface area contributed by atoms with Crippen molar-refractivity contribution in [2.75, 3.05) is 6.61 Å². The van der Waals surface area contributed by atoms with Crippen LogP contribution in [0, 0.1) is 0 Å². The third-order valence-electron chi connectivity index (χ3n) is 2.88. The topological polar surface area (TPSA) is 41.8 Å². The molecule has 0 spiro atoms. The van der Waals surface area contributed by atoms with E-state index in [4.69, 9.17) is 9.94 Å². The number of nitrogens with zero attached hydrogens (tertiary/aromatic N) is 1. The Bertz CT molecular complexity index is 518. The van der Waals surface area contributed by atoms with Crippen LogP contribution < -0.4 is 4.74 Å². The van der Waals surface area contributed by atoms with E-state index in [-0.39, 0.29) is 0 Å². The zero-order chi connectivity index (χ0) is 13.5. The largest absolute Gasteiger partial charge is 0.493 e. The van der Waals surface area contributed by atoms with E-state index in [1.165, 1.54) is 5.56 Å². The number of thiophene rings is 1. The van der Waals surface area contributed by atoms with E-state index in [9.17, 15) is 0 Å². The molecule has 0 aliphatic rings. The van der Waals surface area contributed by atoms with Crippen molar-refractivity contribution in [3.05, 3.63) is 52.2 Å². The minimum absolute atomic E-state index is 0.671. The Hall–Kier alpha value is -1.81. The molecule has 0 radical (unpaired) electrons. The van der Waals surface area contributed by atoms with Crippen LogP contribution in [-0.2, 0) is 6.42 Å². The second-order valence-corrected chi connectivity index (χ2v) is 4.93. The monoisotopic (exact) mass is 275 g/mol. The average Bonchev–Trinajstić information content (AvgIpc) is 2.95. The van der Waals surface area contributed by atoms with Gasteiger partial charge in [0.15, 0.2) is 0 Å². The molecule has 0 saturated heterocycles. The van der Waals surface area contributed by atoms with Gasteiger partial charge in [0, 0.05) is 6.42 Å². The van der Waals surface area contributed by atoms with Crippen LogP contribution in [-0.4, -0.2) is 17.5 Å². The van der Waals surface area contributed by atoms with E-state index in [1.54, 1.807) is 11.3 Å². The van der Waals surface area contributed by atoms with Crippen molar-refractivity contribution >= 4 is 17.0 Å². The summed E-state index contributed by atoms with van der Waals surface area (Å²) in [6, 6.07) is 9.76. The molecule has 1 N–H and O–H groups in total. The second-order valence-electron chi connectivity index (χ2n) is 4.15. The number of rotatable bonds is 6. The Morgan fingerprint density at radius 2 is 2.05 bits per heavy atom. The van der Waals surface area contributed by atoms with Crippen molar-refractivity contribution in [1.82, 2.24) is 0 Å². The van der Waals surface area contributed by atoms with Gasteiger partial charge in [0.2, 0.25) is 0 Å². The number of hydrogen-bond acceptors (Lipinski definition) is 4. The summed E-state index contributed by atoms with van der Waals surface area (Å²) in [7, 11) is 0. The standard InChI is InChI=1S/C15H17NO2S/c1-2-15(16-17)13-3-5-14(6-4-13)18-9-7-12-8-10-19-11-12/h3-6,8,10-11,17H,2,7,9H2,1H3. The molecule has 4 heteroatoms. The zero-order valence-electron chi connectivity index (χ0n) is 10.9. The molecule has 0 atom stereocenters. The summed E-state index contributed by atoms with van der Waals surface area (Å²) < 4.78 is 5.68. The van der Waals surface area contributed by atoms with Gasteiger partial charge in [-0.15, -0.1) is 0 Å². The van der Waals surface area contributed by atoms with Gasteiger partial charge in [0.1, 0.15) is 5.75 Å². The van der Waals surface area contributed by atoms with E-state index in [2.05, 4.69) is 22.0 Å². The molecule has 0 aliphatic heterocycles. The minimum Gasteiger partial charge on any atom is -0.493 e.